The van der Waals surface area contributed by atoms with Crippen molar-refractivity contribution >= 4 is 0 Å². The van der Waals surface area contributed by atoms with E-state index < -0.39 is 0 Å². The molecule has 3 rings (SSSR count). The highest BCUT2D eigenvalue weighted by molar-refractivity contribution is 5.51. The van der Waals surface area contributed by atoms with Gasteiger partial charge in [0, 0.05) is 13.1 Å². The van der Waals surface area contributed by atoms with E-state index in [0.29, 0.717) is 6.61 Å². The Labute approximate surface area is 163 Å². The molecule has 0 saturated heterocycles. The average molecular weight is 369 g/mol. The Balaban J connectivity index is 1.85. The van der Waals surface area contributed by atoms with Crippen LogP contribution >= 0.6 is 0 Å². The third kappa shape index (κ3) is 4.82. The summed E-state index contributed by atoms with van der Waals surface area (Å²) in [7, 11) is 5.88. The van der Waals surface area contributed by atoms with E-state index in [1.165, 1.54) is 22.3 Å². The molecule has 1 aliphatic rings. The number of ether oxygens (including phenoxy) is 2. The summed E-state index contributed by atoms with van der Waals surface area (Å²) in [5.74, 6) is 1.68. The van der Waals surface area contributed by atoms with E-state index in [2.05, 4.69) is 67.6 Å². The van der Waals surface area contributed by atoms with Crippen LogP contribution in [0.1, 0.15) is 41.6 Å². The predicted molar refractivity (Wildman–Crippen MR) is 111 cm³/mol. The molecule has 1 aliphatic heterocycles. The molecule has 146 valence electrons. The van der Waals surface area contributed by atoms with Crippen molar-refractivity contribution in [1.82, 2.24) is 10.2 Å². The van der Waals surface area contributed by atoms with E-state index >= 15 is 0 Å². The van der Waals surface area contributed by atoms with Crippen molar-refractivity contribution in [3.63, 3.8) is 0 Å². The molecule has 0 aromatic heterocycles. The zero-order valence-electron chi connectivity index (χ0n) is 17.0. The smallest absolute Gasteiger partial charge is 0.161 e. The molecule has 2 aromatic rings. The van der Waals surface area contributed by atoms with Gasteiger partial charge in [-0.15, -0.1) is 0 Å². The summed E-state index contributed by atoms with van der Waals surface area (Å²) in [4.78, 5) is 2.17. The molecular weight excluding hydrogens is 336 g/mol. The number of fused-ring (bicyclic) bond motifs is 1. The summed E-state index contributed by atoms with van der Waals surface area (Å²) in [6, 6.07) is 13.5. The van der Waals surface area contributed by atoms with Gasteiger partial charge in [-0.1, -0.05) is 31.2 Å². The topological polar surface area (TPSA) is 33.7 Å². The van der Waals surface area contributed by atoms with E-state index in [4.69, 9.17) is 9.47 Å². The molecule has 0 spiro atoms. The summed E-state index contributed by atoms with van der Waals surface area (Å²) >= 11 is 0. The van der Waals surface area contributed by atoms with Crippen LogP contribution in [0, 0.1) is 0 Å². The van der Waals surface area contributed by atoms with Gasteiger partial charge in [0.05, 0.1) is 19.8 Å². The van der Waals surface area contributed by atoms with E-state index in [-0.39, 0.29) is 6.04 Å². The number of benzene rings is 2. The first-order valence-corrected chi connectivity index (χ1v) is 9.93. The van der Waals surface area contributed by atoms with E-state index in [0.717, 1.165) is 43.9 Å². The Morgan fingerprint density at radius 2 is 1.89 bits per heavy atom. The van der Waals surface area contributed by atoms with Gasteiger partial charge in [-0.25, -0.2) is 0 Å². The normalized spacial score (nSPS) is 16.3. The summed E-state index contributed by atoms with van der Waals surface area (Å²) in [5, 5.41) is 3.67. The Kier molecular flexibility index (Phi) is 6.75. The Morgan fingerprint density at radius 1 is 1.11 bits per heavy atom. The first-order chi connectivity index (χ1) is 13.1. The number of hydrogen-bond donors (Lipinski definition) is 1. The van der Waals surface area contributed by atoms with Crippen LogP contribution in [0.4, 0.5) is 0 Å². The second-order valence-corrected chi connectivity index (χ2v) is 7.44. The van der Waals surface area contributed by atoms with Crippen LogP contribution in [0.15, 0.2) is 36.4 Å². The molecule has 1 atom stereocenters. The van der Waals surface area contributed by atoms with E-state index in [1.54, 1.807) is 7.11 Å². The van der Waals surface area contributed by atoms with Crippen LogP contribution in [-0.2, 0) is 12.8 Å². The molecule has 0 bridgehead atoms. The highest BCUT2D eigenvalue weighted by Crippen LogP contribution is 2.37. The van der Waals surface area contributed by atoms with Gasteiger partial charge >= 0.3 is 0 Å². The number of nitrogens with zero attached hydrogens (tertiary/aromatic N) is 1. The Morgan fingerprint density at radius 3 is 2.56 bits per heavy atom. The monoisotopic (exact) mass is 368 g/mol. The van der Waals surface area contributed by atoms with Gasteiger partial charge in [-0.05, 0) is 67.7 Å². The minimum absolute atomic E-state index is 0.203. The van der Waals surface area contributed by atoms with Gasteiger partial charge in [0.15, 0.2) is 11.5 Å². The molecule has 27 heavy (non-hydrogen) atoms. The third-order valence-electron chi connectivity index (χ3n) is 5.21. The Bertz CT molecular complexity index is 741. The van der Waals surface area contributed by atoms with Crippen molar-refractivity contribution in [3.8, 4) is 11.5 Å². The van der Waals surface area contributed by atoms with Crippen LogP contribution < -0.4 is 14.8 Å². The standard InChI is InChI=1S/C23H32N2O2/c1-5-17-7-9-18(10-8-17)23-20-16-22(27-14-6-13-25(2)3)21(26-4)15-19(20)11-12-24-23/h7-10,15-16,23-24H,5-6,11-14H2,1-4H3. The first kappa shape index (κ1) is 19.7. The lowest BCUT2D eigenvalue weighted by Gasteiger charge is -2.29. The summed E-state index contributed by atoms with van der Waals surface area (Å²) in [6.07, 6.45) is 3.07. The average Bonchev–Trinajstić information content (AvgIpc) is 2.70. The summed E-state index contributed by atoms with van der Waals surface area (Å²) < 4.78 is 11.7. The fourth-order valence-corrected chi connectivity index (χ4v) is 3.64. The lowest BCUT2D eigenvalue weighted by molar-refractivity contribution is 0.267. The van der Waals surface area contributed by atoms with Crippen LogP contribution in [0.25, 0.3) is 0 Å². The lowest BCUT2D eigenvalue weighted by atomic mass is 9.89. The number of rotatable bonds is 8. The molecule has 4 nitrogen and oxygen atoms in total. The molecule has 0 aliphatic carbocycles. The number of aryl methyl sites for hydroxylation is 1. The minimum atomic E-state index is 0.203. The highest BCUT2D eigenvalue weighted by Gasteiger charge is 2.24. The summed E-state index contributed by atoms with van der Waals surface area (Å²) in [6.45, 7) is 4.87. The molecular formula is C23H32N2O2. The molecule has 1 unspecified atom stereocenters. The maximum atomic E-state index is 6.09. The van der Waals surface area contributed by atoms with Crippen LogP contribution in [0.3, 0.4) is 0 Å². The second kappa shape index (κ2) is 9.25. The third-order valence-corrected chi connectivity index (χ3v) is 5.21. The van der Waals surface area contributed by atoms with Crippen LogP contribution in [-0.4, -0.2) is 45.8 Å². The zero-order chi connectivity index (χ0) is 19.2. The molecule has 1 N–H and O–H groups in total. The highest BCUT2D eigenvalue weighted by atomic mass is 16.5. The molecule has 0 saturated carbocycles. The fourth-order valence-electron chi connectivity index (χ4n) is 3.64. The minimum Gasteiger partial charge on any atom is -0.493 e. The van der Waals surface area contributed by atoms with Crippen molar-refractivity contribution in [2.45, 2.75) is 32.2 Å². The maximum absolute atomic E-state index is 6.09. The quantitative estimate of drug-likeness (QED) is 0.718. The molecule has 2 aromatic carbocycles. The van der Waals surface area contributed by atoms with Crippen molar-refractivity contribution < 1.29 is 9.47 Å². The van der Waals surface area contributed by atoms with Gasteiger partial charge in [0.1, 0.15) is 0 Å². The van der Waals surface area contributed by atoms with Gasteiger partial charge in [0.25, 0.3) is 0 Å². The fraction of sp³-hybridized carbons (Fsp3) is 0.478. The van der Waals surface area contributed by atoms with Crippen molar-refractivity contribution in [3.05, 3.63) is 58.7 Å². The second-order valence-electron chi connectivity index (χ2n) is 7.44. The van der Waals surface area contributed by atoms with Crippen molar-refractivity contribution in [1.29, 1.82) is 0 Å². The molecule has 4 heteroatoms. The van der Waals surface area contributed by atoms with Crippen molar-refractivity contribution in [2.24, 2.45) is 0 Å². The van der Waals surface area contributed by atoms with Gasteiger partial charge in [-0.3, -0.25) is 0 Å². The maximum Gasteiger partial charge on any atom is 0.161 e. The van der Waals surface area contributed by atoms with Gasteiger partial charge < -0.3 is 19.7 Å². The molecule has 0 fully saturated rings. The predicted octanol–water partition coefficient (Wildman–Crippen LogP) is 3.82. The van der Waals surface area contributed by atoms with Gasteiger partial charge in [0.2, 0.25) is 0 Å². The SMILES string of the molecule is CCc1ccc(C2NCCc3cc(OC)c(OCCCN(C)C)cc32)cc1. The largest absolute Gasteiger partial charge is 0.493 e. The van der Waals surface area contributed by atoms with Crippen LogP contribution in [0.2, 0.25) is 0 Å². The van der Waals surface area contributed by atoms with E-state index in [1.807, 2.05) is 0 Å². The molecule has 0 radical (unpaired) electrons. The van der Waals surface area contributed by atoms with Crippen LogP contribution in [0.5, 0.6) is 11.5 Å². The van der Waals surface area contributed by atoms with Crippen molar-refractivity contribution in [2.75, 3.05) is 40.9 Å². The van der Waals surface area contributed by atoms with E-state index in [9.17, 15) is 0 Å². The number of hydrogen-bond acceptors (Lipinski definition) is 4. The zero-order valence-corrected chi connectivity index (χ0v) is 17.0. The Hall–Kier alpha value is -2.04. The lowest BCUT2D eigenvalue weighted by Crippen LogP contribution is -2.30. The molecule has 0 amide bonds. The number of methoxy groups -OCH3 is 1. The number of nitrogens with one attached hydrogen (secondary N) is 1. The summed E-state index contributed by atoms with van der Waals surface area (Å²) in [5.41, 5.74) is 5.32. The van der Waals surface area contributed by atoms with Gasteiger partial charge in [-0.2, -0.15) is 0 Å². The first-order valence-electron chi connectivity index (χ1n) is 9.93. The molecule has 1 heterocycles.